The summed E-state index contributed by atoms with van der Waals surface area (Å²) in [6, 6.07) is 20.7. The summed E-state index contributed by atoms with van der Waals surface area (Å²) in [5, 5.41) is 10.8. The maximum atomic E-state index is 12.7. The van der Waals surface area contributed by atoms with Gasteiger partial charge in [0, 0.05) is 4.88 Å². The first-order valence-electron chi connectivity index (χ1n) is 7.21. The van der Waals surface area contributed by atoms with Gasteiger partial charge in [0.05, 0.1) is 22.6 Å². The molecule has 0 spiro atoms. The Bertz CT molecular complexity index is 943. The summed E-state index contributed by atoms with van der Waals surface area (Å²) in [6.07, 6.45) is 0. The fourth-order valence-electron chi connectivity index (χ4n) is 2.32. The average molecular weight is 354 g/mol. The number of nitriles is 1. The lowest BCUT2D eigenvalue weighted by atomic mass is 10.1. The molecule has 3 rings (SSSR count). The largest absolute Gasteiger partial charge is 0.241 e. The Morgan fingerprint density at radius 3 is 2.25 bits per heavy atom. The molecule has 0 bridgehead atoms. The fourth-order valence-corrected chi connectivity index (χ4v) is 4.40. The van der Waals surface area contributed by atoms with Crippen LogP contribution in [0.15, 0.2) is 77.0 Å². The second-order valence-electron chi connectivity index (χ2n) is 5.12. The number of thiophene rings is 1. The van der Waals surface area contributed by atoms with Crippen LogP contribution in [0.2, 0.25) is 0 Å². The van der Waals surface area contributed by atoms with Gasteiger partial charge in [0.25, 0.3) is 0 Å². The SMILES string of the molecule is N#Cc1ccc(S(=O)(=O)N[C@@H](c2ccccc2)c2cccs2)cc1. The van der Waals surface area contributed by atoms with E-state index in [0.29, 0.717) is 5.56 Å². The number of sulfonamides is 1. The number of nitrogens with zero attached hydrogens (tertiary/aromatic N) is 1. The number of nitrogens with one attached hydrogen (secondary N) is 1. The fraction of sp³-hybridized carbons (Fsp3) is 0.0556. The summed E-state index contributed by atoms with van der Waals surface area (Å²) < 4.78 is 28.2. The summed E-state index contributed by atoms with van der Waals surface area (Å²) in [5.41, 5.74) is 1.30. The minimum Gasteiger partial charge on any atom is -0.207 e. The van der Waals surface area contributed by atoms with Gasteiger partial charge in [-0.15, -0.1) is 11.3 Å². The van der Waals surface area contributed by atoms with E-state index in [0.717, 1.165) is 10.4 Å². The first-order valence-corrected chi connectivity index (χ1v) is 9.57. The van der Waals surface area contributed by atoms with Crippen LogP contribution in [0.1, 0.15) is 22.0 Å². The maximum Gasteiger partial charge on any atom is 0.241 e. The van der Waals surface area contributed by atoms with Crippen LogP contribution in [0.5, 0.6) is 0 Å². The molecule has 3 aromatic rings. The van der Waals surface area contributed by atoms with Crippen LogP contribution >= 0.6 is 11.3 Å². The number of benzene rings is 2. The van der Waals surface area contributed by atoms with Gasteiger partial charge in [0.1, 0.15) is 0 Å². The molecule has 0 aliphatic carbocycles. The average Bonchev–Trinajstić information content (AvgIpc) is 3.15. The molecule has 120 valence electrons. The molecular weight excluding hydrogens is 340 g/mol. The van der Waals surface area contributed by atoms with Crippen molar-refractivity contribution in [3.63, 3.8) is 0 Å². The van der Waals surface area contributed by atoms with E-state index in [4.69, 9.17) is 5.26 Å². The van der Waals surface area contributed by atoms with Crippen molar-refractivity contribution >= 4 is 21.4 Å². The van der Waals surface area contributed by atoms with Crippen molar-refractivity contribution < 1.29 is 8.42 Å². The second kappa shape index (κ2) is 6.97. The van der Waals surface area contributed by atoms with Crippen molar-refractivity contribution in [1.82, 2.24) is 4.72 Å². The Hall–Kier alpha value is -2.46. The first-order chi connectivity index (χ1) is 11.6. The predicted octanol–water partition coefficient (Wildman–Crippen LogP) is 3.69. The number of rotatable bonds is 5. The van der Waals surface area contributed by atoms with Gasteiger partial charge in [0.15, 0.2) is 0 Å². The van der Waals surface area contributed by atoms with Gasteiger partial charge in [-0.1, -0.05) is 36.4 Å². The Morgan fingerprint density at radius 1 is 0.958 bits per heavy atom. The molecule has 4 nitrogen and oxygen atoms in total. The van der Waals surface area contributed by atoms with Gasteiger partial charge < -0.3 is 0 Å². The lowest BCUT2D eigenvalue weighted by Gasteiger charge is -2.18. The molecule has 0 aliphatic rings. The second-order valence-corrected chi connectivity index (χ2v) is 7.81. The zero-order valence-electron chi connectivity index (χ0n) is 12.6. The Kier molecular flexibility index (Phi) is 4.76. The van der Waals surface area contributed by atoms with E-state index in [1.54, 1.807) is 0 Å². The highest BCUT2D eigenvalue weighted by atomic mass is 32.2. The van der Waals surface area contributed by atoms with E-state index < -0.39 is 16.1 Å². The van der Waals surface area contributed by atoms with Crippen LogP contribution < -0.4 is 4.72 Å². The van der Waals surface area contributed by atoms with Gasteiger partial charge >= 0.3 is 0 Å². The Labute approximate surface area is 145 Å². The lowest BCUT2D eigenvalue weighted by Crippen LogP contribution is -2.29. The van der Waals surface area contributed by atoms with Gasteiger partial charge in [0.2, 0.25) is 10.0 Å². The first kappa shape index (κ1) is 16.4. The molecule has 6 heteroatoms. The van der Waals surface area contributed by atoms with Crippen molar-refractivity contribution in [3.8, 4) is 6.07 Å². The monoisotopic (exact) mass is 354 g/mol. The predicted molar refractivity (Wildman–Crippen MR) is 94.1 cm³/mol. The standard InChI is InChI=1S/C18H14N2O2S2/c19-13-14-8-10-16(11-9-14)24(21,22)20-18(17-7-4-12-23-17)15-5-2-1-3-6-15/h1-12,18,20H/t18-/m0/s1. The molecular formula is C18H14N2O2S2. The zero-order valence-corrected chi connectivity index (χ0v) is 14.2. The lowest BCUT2D eigenvalue weighted by molar-refractivity contribution is 0.573. The van der Waals surface area contributed by atoms with Gasteiger partial charge in [-0.3, -0.25) is 0 Å². The van der Waals surface area contributed by atoms with E-state index in [2.05, 4.69) is 4.72 Å². The summed E-state index contributed by atoms with van der Waals surface area (Å²) >= 11 is 1.50. The molecule has 0 radical (unpaired) electrons. The minimum atomic E-state index is -3.71. The highest BCUT2D eigenvalue weighted by Gasteiger charge is 2.23. The van der Waals surface area contributed by atoms with E-state index in [9.17, 15) is 8.42 Å². The summed E-state index contributed by atoms with van der Waals surface area (Å²) in [7, 11) is -3.71. The quantitative estimate of drug-likeness (QED) is 0.760. The van der Waals surface area contributed by atoms with Crippen molar-refractivity contribution in [2.24, 2.45) is 0 Å². The summed E-state index contributed by atoms with van der Waals surface area (Å²) in [5.74, 6) is 0. The Balaban J connectivity index is 1.96. The van der Waals surface area contributed by atoms with E-state index in [1.165, 1.54) is 35.6 Å². The molecule has 0 aliphatic heterocycles. The van der Waals surface area contributed by atoms with E-state index >= 15 is 0 Å². The third-order valence-corrected chi connectivity index (χ3v) is 5.90. The molecule has 24 heavy (non-hydrogen) atoms. The number of hydrogen-bond donors (Lipinski definition) is 1. The van der Waals surface area contributed by atoms with E-state index in [-0.39, 0.29) is 4.90 Å². The van der Waals surface area contributed by atoms with Crippen LogP contribution in [-0.4, -0.2) is 8.42 Å². The van der Waals surface area contributed by atoms with Crippen molar-refractivity contribution in [1.29, 1.82) is 5.26 Å². The molecule has 0 amide bonds. The molecule has 1 N–H and O–H groups in total. The molecule has 1 aromatic heterocycles. The van der Waals surface area contributed by atoms with Crippen LogP contribution in [-0.2, 0) is 10.0 Å². The highest BCUT2D eigenvalue weighted by Crippen LogP contribution is 2.27. The molecule has 0 unspecified atom stereocenters. The van der Waals surface area contributed by atoms with Crippen molar-refractivity contribution in [2.75, 3.05) is 0 Å². The van der Waals surface area contributed by atoms with Crippen LogP contribution in [0.4, 0.5) is 0 Å². The number of hydrogen-bond acceptors (Lipinski definition) is 4. The van der Waals surface area contributed by atoms with Crippen LogP contribution in [0, 0.1) is 11.3 Å². The maximum absolute atomic E-state index is 12.7. The smallest absolute Gasteiger partial charge is 0.207 e. The van der Waals surface area contributed by atoms with Gasteiger partial charge in [-0.05, 0) is 41.3 Å². The van der Waals surface area contributed by atoms with E-state index in [1.807, 2.05) is 53.9 Å². The van der Waals surface area contributed by atoms with Crippen LogP contribution in [0.3, 0.4) is 0 Å². The highest BCUT2D eigenvalue weighted by molar-refractivity contribution is 7.89. The van der Waals surface area contributed by atoms with Gasteiger partial charge in [-0.2, -0.15) is 9.98 Å². The molecule has 0 saturated carbocycles. The van der Waals surface area contributed by atoms with Crippen molar-refractivity contribution in [2.45, 2.75) is 10.9 Å². The molecule has 2 aromatic carbocycles. The normalized spacial score (nSPS) is 12.5. The zero-order chi connectivity index (χ0) is 17.0. The third-order valence-electron chi connectivity index (χ3n) is 3.53. The van der Waals surface area contributed by atoms with Gasteiger partial charge in [-0.25, -0.2) is 8.42 Å². The third kappa shape index (κ3) is 3.54. The molecule has 1 heterocycles. The summed E-state index contributed by atoms with van der Waals surface area (Å²) in [6.45, 7) is 0. The van der Waals surface area contributed by atoms with Crippen LogP contribution in [0.25, 0.3) is 0 Å². The molecule has 1 atom stereocenters. The van der Waals surface area contributed by atoms with Crippen molar-refractivity contribution in [3.05, 3.63) is 88.1 Å². The topological polar surface area (TPSA) is 70.0 Å². The summed E-state index contributed by atoms with van der Waals surface area (Å²) in [4.78, 5) is 1.05. The molecule has 0 fully saturated rings. The minimum absolute atomic E-state index is 0.138. The molecule has 0 saturated heterocycles. The Morgan fingerprint density at radius 2 is 1.67 bits per heavy atom.